The van der Waals surface area contributed by atoms with Crippen LogP contribution in [-0.2, 0) is 24.3 Å². The second-order valence-corrected chi connectivity index (χ2v) is 9.56. The molecular weight excluding hydrogens is 470 g/mol. The van der Waals surface area contributed by atoms with Crippen molar-refractivity contribution in [2.45, 2.75) is 43.5 Å². The Morgan fingerprint density at radius 3 is 2.43 bits per heavy atom. The fraction of sp³-hybridized carbons (Fsp3) is 0.333. The van der Waals surface area contributed by atoms with Gasteiger partial charge in [0.05, 0.1) is 17.7 Å². The third-order valence-corrected chi connectivity index (χ3v) is 6.43. The Morgan fingerprint density at radius 1 is 1.11 bits per heavy atom. The molecule has 2 aromatic carbocycles. The lowest BCUT2D eigenvalue weighted by molar-refractivity contribution is -0.143. The van der Waals surface area contributed by atoms with Crippen molar-refractivity contribution < 1.29 is 22.7 Å². The maximum Gasteiger partial charge on any atom is 0.305 e. The first-order chi connectivity index (χ1) is 16.7. The summed E-state index contributed by atoms with van der Waals surface area (Å²) < 4.78 is 29.4. The molecule has 0 saturated heterocycles. The number of primary sulfonamides is 1. The van der Waals surface area contributed by atoms with Crippen LogP contribution in [0.5, 0.6) is 0 Å². The Labute approximate surface area is 204 Å². The molecule has 0 aliphatic carbocycles. The van der Waals surface area contributed by atoms with Gasteiger partial charge in [-0.05, 0) is 31.0 Å². The average Bonchev–Trinajstić information content (AvgIpc) is 3.32. The molecule has 0 spiro atoms. The summed E-state index contributed by atoms with van der Waals surface area (Å²) in [6.07, 6.45) is 2.32. The van der Waals surface area contributed by atoms with Crippen molar-refractivity contribution in [3.05, 3.63) is 66.4 Å². The van der Waals surface area contributed by atoms with Crippen LogP contribution in [0.25, 0.3) is 11.3 Å². The van der Waals surface area contributed by atoms with Crippen LogP contribution < -0.4 is 10.5 Å². The molecule has 0 aliphatic heterocycles. The minimum absolute atomic E-state index is 0.00795. The summed E-state index contributed by atoms with van der Waals surface area (Å²) in [4.78, 5) is 24.8. The summed E-state index contributed by atoms with van der Waals surface area (Å²) in [7, 11) is -3.81. The van der Waals surface area contributed by atoms with Crippen molar-refractivity contribution in [1.82, 2.24) is 20.3 Å². The van der Waals surface area contributed by atoms with E-state index in [9.17, 15) is 18.0 Å². The third kappa shape index (κ3) is 6.96. The van der Waals surface area contributed by atoms with E-state index in [1.165, 1.54) is 16.8 Å². The summed E-state index contributed by atoms with van der Waals surface area (Å²) in [6.45, 7) is 4.31. The Morgan fingerprint density at radius 2 is 1.80 bits per heavy atom. The number of carbonyl (C=O) groups is 2. The van der Waals surface area contributed by atoms with E-state index in [1.807, 2.05) is 37.3 Å². The summed E-state index contributed by atoms with van der Waals surface area (Å²) >= 11 is 0. The Balaban J connectivity index is 1.81. The number of hydrogen-bond acceptors (Lipinski definition) is 7. The highest BCUT2D eigenvalue weighted by Crippen LogP contribution is 2.29. The molecule has 3 rings (SSSR count). The van der Waals surface area contributed by atoms with Crippen LogP contribution >= 0.6 is 0 Å². The van der Waals surface area contributed by atoms with E-state index in [0.29, 0.717) is 30.8 Å². The van der Waals surface area contributed by atoms with Crippen molar-refractivity contribution >= 4 is 21.9 Å². The molecule has 3 aromatic rings. The third-order valence-electron chi connectivity index (χ3n) is 5.50. The lowest BCUT2D eigenvalue weighted by Gasteiger charge is -2.23. The van der Waals surface area contributed by atoms with Crippen molar-refractivity contribution in [3.8, 4) is 11.3 Å². The Bertz CT molecular complexity index is 1240. The van der Waals surface area contributed by atoms with Crippen molar-refractivity contribution in [3.63, 3.8) is 0 Å². The highest BCUT2D eigenvalue weighted by Gasteiger charge is 2.29. The zero-order valence-electron chi connectivity index (χ0n) is 19.6. The standard InChI is InChI=1S/C24H29N5O5S/c1-3-34-22(30)10-7-15-26-24(31)23(17(2)18-8-5-4-6-9-18)29-16-21(27-28-29)19-11-13-20(14-12-19)35(25,32)33/h4-6,8-9,11-14,16-17,23H,3,7,10,15H2,1-2H3,(H,26,31)(H2,25,32,33). The maximum atomic E-state index is 13.2. The molecule has 0 fully saturated rings. The molecule has 35 heavy (non-hydrogen) atoms. The molecule has 10 nitrogen and oxygen atoms in total. The number of nitrogens with zero attached hydrogens (tertiary/aromatic N) is 3. The number of aromatic nitrogens is 3. The first kappa shape index (κ1) is 26.0. The number of esters is 1. The van der Waals surface area contributed by atoms with E-state index in [0.717, 1.165) is 5.56 Å². The van der Waals surface area contributed by atoms with Gasteiger partial charge in [0, 0.05) is 24.4 Å². The van der Waals surface area contributed by atoms with Crippen LogP contribution in [0.2, 0.25) is 0 Å². The van der Waals surface area contributed by atoms with Gasteiger partial charge in [-0.3, -0.25) is 9.59 Å². The van der Waals surface area contributed by atoms with E-state index in [4.69, 9.17) is 9.88 Å². The smallest absolute Gasteiger partial charge is 0.305 e. The van der Waals surface area contributed by atoms with Gasteiger partial charge in [0.25, 0.3) is 0 Å². The minimum Gasteiger partial charge on any atom is -0.466 e. The summed E-state index contributed by atoms with van der Waals surface area (Å²) in [6, 6.07) is 14.8. The molecule has 0 bridgehead atoms. The van der Waals surface area contributed by atoms with Gasteiger partial charge >= 0.3 is 5.97 Å². The first-order valence-corrected chi connectivity index (χ1v) is 12.8. The largest absolute Gasteiger partial charge is 0.466 e. The number of sulfonamides is 1. The number of ether oxygens (including phenoxy) is 1. The van der Waals surface area contributed by atoms with Crippen LogP contribution in [0.4, 0.5) is 0 Å². The number of amides is 1. The van der Waals surface area contributed by atoms with E-state index < -0.39 is 16.1 Å². The topological polar surface area (TPSA) is 146 Å². The first-order valence-electron chi connectivity index (χ1n) is 11.2. The van der Waals surface area contributed by atoms with Gasteiger partial charge in [0.1, 0.15) is 11.7 Å². The molecule has 1 heterocycles. The molecular formula is C24H29N5O5S. The summed E-state index contributed by atoms with van der Waals surface area (Å²) in [5, 5.41) is 16.4. The molecule has 2 atom stereocenters. The monoisotopic (exact) mass is 499 g/mol. The minimum atomic E-state index is -3.81. The van der Waals surface area contributed by atoms with Crippen LogP contribution in [0.1, 0.15) is 44.2 Å². The fourth-order valence-corrected chi connectivity index (χ4v) is 4.17. The number of benzene rings is 2. The molecule has 0 radical (unpaired) electrons. The number of carbonyl (C=O) groups excluding carboxylic acids is 2. The van der Waals surface area contributed by atoms with E-state index in [2.05, 4.69) is 15.6 Å². The highest BCUT2D eigenvalue weighted by atomic mass is 32.2. The average molecular weight is 500 g/mol. The lowest BCUT2D eigenvalue weighted by atomic mass is 9.92. The number of hydrogen-bond donors (Lipinski definition) is 2. The molecule has 11 heteroatoms. The second kappa shape index (κ2) is 11.7. The van der Waals surface area contributed by atoms with Gasteiger partial charge in [-0.1, -0.05) is 54.6 Å². The van der Waals surface area contributed by atoms with Crippen LogP contribution in [-0.4, -0.2) is 48.4 Å². The van der Waals surface area contributed by atoms with Gasteiger partial charge in [0.15, 0.2) is 0 Å². The van der Waals surface area contributed by atoms with Crippen LogP contribution in [0, 0.1) is 0 Å². The summed E-state index contributed by atoms with van der Waals surface area (Å²) in [5.74, 6) is -0.794. The highest BCUT2D eigenvalue weighted by molar-refractivity contribution is 7.89. The van der Waals surface area contributed by atoms with Gasteiger partial charge in [0.2, 0.25) is 15.9 Å². The van der Waals surface area contributed by atoms with Crippen LogP contribution in [0.15, 0.2) is 65.7 Å². The van der Waals surface area contributed by atoms with Crippen molar-refractivity contribution in [1.29, 1.82) is 0 Å². The van der Waals surface area contributed by atoms with Crippen molar-refractivity contribution in [2.75, 3.05) is 13.2 Å². The number of rotatable bonds is 11. The molecule has 0 saturated carbocycles. The van der Waals surface area contributed by atoms with E-state index >= 15 is 0 Å². The van der Waals surface area contributed by atoms with Gasteiger partial charge in [-0.25, -0.2) is 18.2 Å². The molecule has 3 N–H and O–H groups in total. The molecule has 1 aromatic heterocycles. The van der Waals surface area contributed by atoms with E-state index in [-0.39, 0.29) is 29.1 Å². The van der Waals surface area contributed by atoms with Gasteiger partial charge < -0.3 is 10.1 Å². The maximum absolute atomic E-state index is 13.2. The summed E-state index contributed by atoms with van der Waals surface area (Å²) in [5.41, 5.74) is 2.06. The molecule has 0 aliphatic rings. The van der Waals surface area contributed by atoms with E-state index in [1.54, 1.807) is 25.3 Å². The normalized spacial score (nSPS) is 13.1. The second-order valence-electron chi connectivity index (χ2n) is 8.00. The fourth-order valence-electron chi connectivity index (χ4n) is 3.66. The van der Waals surface area contributed by atoms with Gasteiger partial charge in [-0.2, -0.15) is 0 Å². The molecule has 186 valence electrons. The Kier molecular flexibility index (Phi) is 8.72. The Hall–Kier alpha value is -3.57. The SMILES string of the molecule is CCOC(=O)CCCNC(=O)C(C(C)c1ccccc1)n1cc(-c2ccc(S(N)(=O)=O)cc2)nn1. The molecule has 2 unspecified atom stereocenters. The predicted molar refractivity (Wildman–Crippen MR) is 130 cm³/mol. The van der Waals surface area contributed by atoms with Gasteiger partial charge in [-0.15, -0.1) is 5.10 Å². The quantitative estimate of drug-likeness (QED) is 0.304. The zero-order valence-corrected chi connectivity index (χ0v) is 20.4. The number of nitrogens with one attached hydrogen (secondary N) is 1. The van der Waals surface area contributed by atoms with Crippen LogP contribution in [0.3, 0.4) is 0 Å². The lowest BCUT2D eigenvalue weighted by Crippen LogP contribution is -2.36. The zero-order chi connectivity index (χ0) is 25.4. The van der Waals surface area contributed by atoms with Crippen molar-refractivity contribution in [2.24, 2.45) is 5.14 Å². The predicted octanol–water partition coefficient (Wildman–Crippen LogP) is 2.40. The number of nitrogens with two attached hydrogens (primary N) is 1. The molecule has 1 amide bonds.